The summed E-state index contributed by atoms with van der Waals surface area (Å²) < 4.78 is 10.7. The zero-order valence-electron chi connectivity index (χ0n) is 16.1. The van der Waals surface area contributed by atoms with Crippen LogP contribution in [-0.2, 0) is 6.42 Å². The summed E-state index contributed by atoms with van der Waals surface area (Å²) in [5, 5.41) is 10.0. The SMILES string of the molecule is O=C(c1cc(C2CC2)on1)N1CCN(CCCc2nc(-c3cccs3)no2)CC1. The predicted molar refractivity (Wildman–Crippen MR) is 107 cm³/mol. The fourth-order valence-electron chi connectivity index (χ4n) is 3.60. The Morgan fingerprint density at radius 1 is 1.17 bits per heavy atom. The molecule has 5 rings (SSSR count). The van der Waals surface area contributed by atoms with E-state index in [2.05, 4.69) is 20.2 Å². The molecule has 1 aliphatic heterocycles. The third-order valence-electron chi connectivity index (χ3n) is 5.46. The quantitative estimate of drug-likeness (QED) is 0.588. The van der Waals surface area contributed by atoms with E-state index in [4.69, 9.17) is 9.05 Å². The van der Waals surface area contributed by atoms with Gasteiger partial charge in [0.05, 0.1) is 4.88 Å². The molecular weight excluding hydrogens is 390 g/mol. The van der Waals surface area contributed by atoms with Gasteiger partial charge >= 0.3 is 0 Å². The highest BCUT2D eigenvalue weighted by atomic mass is 32.1. The second-order valence-corrected chi connectivity index (χ2v) is 8.56. The van der Waals surface area contributed by atoms with Gasteiger partial charge in [-0.25, -0.2) is 0 Å². The molecule has 2 fully saturated rings. The van der Waals surface area contributed by atoms with E-state index in [0.717, 1.165) is 56.0 Å². The van der Waals surface area contributed by atoms with Crippen LogP contribution < -0.4 is 0 Å². The molecule has 29 heavy (non-hydrogen) atoms. The first-order chi connectivity index (χ1) is 14.3. The summed E-state index contributed by atoms with van der Waals surface area (Å²) in [6, 6.07) is 5.79. The molecule has 0 radical (unpaired) electrons. The number of hydrogen-bond acceptors (Lipinski definition) is 8. The van der Waals surface area contributed by atoms with Gasteiger partial charge < -0.3 is 13.9 Å². The fraction of sp³-hybridized carbons (Fsp3) is 0.500. The molecular formula is C20H23N5O3S. The zero-order valence-corrected chi connectivity index (χ0v) is 16.9. The number of nitrogens with zero attached hydrogens (tertiary/aromatic N) is 5. The van der Waals surface area contributed by atoms with Crippen molar-refractivity contribution in [3.8, 4) is 10.7 Å². The van der Waals surface area contributed by atoms with Crippen LogP contribution in [0.4, 0.5) is 0 Å². The first-order valence-corrected chi connectivity index (χ1v) is 11.0. The highest BCUT2D eigenvalue weighted by Gasteiger charge is 2.30. The number of aromatic nitrogens is 3. The Hall–Kier alpha value is -2.52. The molecule has 1 amide bonds. The van der Waals surface area contributed by atoms with Gasteiger partial charge in [-0.3, -0.25) is 9.69 Å². The van der Waals surface area contributed by atoms with Crippen molar-refractivity contribution in [2.45, 2.75) is 31.6 Å². The van der Waals surface area contributed by atoms with E-state index < -0.39 is 0 Å². The topological polar surface area (TPSA) is 88.5 Å². The van der Waals surface area contributed by atoms with Crippen molar-refractivity contribution in [3.63, 3.8) is 0 Å². The maximum atomic E-state index is 12.6. The van der Waals surface area contributed by atoms with Crippen LogP contribution in [0.15, 0.2) is 32.6 Å². The van der Waals surface area contributed by atoms with E-state index in [9.17, 15) is 4.79 Å². The van der Waals surface area contributed by atoms with Crippen molar-refractivity contribution in [3.05, 3.63) is 40.9 Å². The van der Waals surface area contributed by atoms with Crippen LogP contribution in [0.2, 0.25) is 0 Å². The van der Waals surface area contributed by atoms with Crippen molar-refractivity contribution < 1.29 is 13.8 Å². The summed E-state index contributed by atoms with van der Waals surface area (Å²) in [5.74, 6) is 2.66. The largest absolute Gasteiger partial charge is 0.360 e. The minimum atomic E-state index is -0.0210. The second-order valence-electron chi connectivity index (χ2n) is 7.62. The van der Waals surface area contributed by atoms with E-state index >= 15 is 0 Å². The number of aryl methyl sites for hydroxylation is 1. The van der Waals surface area contributed by atoms with E-state index in [0.29, 0.717) is 36.4 Å². The van der Waals surface area contributed by atoms with Gasteiger partial charge in [-0.2, -0.15) is 4.98 Å². The highest BCUT2D eigenvalue weighted by Crippen LogP contribution is 2.40. The molecule has 0 atom stereocenters. The van der Waals surface area contributed by atoms with Crippen LogP contribution >= 0.6 is 11.3 Å². The molecule has 4 heterocycles. The van der Waals surface area contributed by atoms with Crippen molar-refractivity contribution in [1.82, 2.24) is 25.1 Å². The third kappa shape index (κ3) is 4.25. The summed E-state index contributed by atoms with van der Waals surface area (Å²) >= 11 is 1.61. The van der Waals surface area contributed by atoms with Crippen LogP contribution in [-0.4, -0.2) is 63.7 Å². The molecule has 9 heteroatoms. The molecule has 0 spiro atoms. The van der Waals surface area contributed by atoms with Gasteiger partial charge in [-0.15, -0.1) is 11.3 Å². The number of carbonyl (C=O) groups is 1. The number of thiophene rings is 1. The summed E-state index contributed by atoms with van der Waals surface area (Å²) in [7, 11) is 0. The Morgan fingerprint density at radius 2 is 2.03 bits per heavy atom. The molecule has 0 N–H and O–H groups in total. The summed E-state index contributed by atoms with van der Waals surface area (Å²) in [6.07, 6.45) is 4.00. The lowest BCUT2D eigenvalue weighted by molar-refractivity contribution is 0.0625. The van der Waals surface area contributed by atoms with Gasteiger partial charge in [0.25, 0.3) is 5.91 Å². The number of amides is 1. The molecule has 1 saturated heterocycles. The number of rotatable bonds is 7. The standard InChI is InChI=1S/C20H23N5O3S/c26-20(15-13-16(27-22-15)14-5-6-14)25-10-8-24(9-11-25)7-1-4-18-21-19(23-28-18)17-3-2-12-29-17/h2-3,12-14H,1,4-11H2. The first kappa shape index (κ1) is 18.5. The molecule has 0 aromatic carbocycles. The molecule has 1 aliphatic carbocycles. The smallest absolute Gasteiger partial charge is 0.276 e. The molecule has 0 bridgehead atoms. The number of carbonyl (C=O) groups excluding carboxylic acids is 1. The Bertz CT molecular complexity index is 955. The highest BCUT2D eigenvalue weighted by molar-refractivity contribution is 7.13. The van der Waals surface area contributed by atoms with Gasteiger partial charge in [-0.05, 0) is 37.3 Å². The van der Waals surface area contributed by atoms with E-state index in [-0.39, 0.29) is 5.91 Å². The Balaban J connectivity index is 1.06. The summed E-state index contributed by atoms with van der Waals surface area (Å²) in [6.45, 7) is 4.11. The number of hydrogen-bond donors (Lipinski definition) is 0. The Morgan fingerprint density at radius 3 is 2.79 bits per heavy atom. The van der Waals surface area contributed by atoms with Crippen molar-refractivity contribution in [2.75, 3.05) is 32.7 Å². The molecule has 2 aliphatic rings. The van der Waals surface area contributed by atoms with Gasteiger partial charge in [0.1, 0.15) is 5.76 Å². The Labute approximate surface area is 172 Å². The molecule has 0 unspecified atom stereocenters. The average molecular weight is 414 g/mol. The lowest BCUT2D eigenvalue weighted by Gasteiger charge is -2.34. The molecule has 1 saturated carbocycles. The van der Waals surface area contributed by atoms with Gasteiger partial charge in [0.15, 0.2) is 5.69 Å². The normalized spacial score (nSPS) is 17.7. The van der Waals surface area contributed by atoms with Gasteiger partial charge in [0, 0.05) is 44.6 Å². The van der Waals surface area contributed by atoms with Crippen LogP contribution in [0.1, 0.15) is 47.3 Å². The third-order valence-corrected chi connectivity index (χ3v) is 6.33. The first-order valence-electron chi connectivity index (χ1n) is 10.1. The minimum absolute atomic E-state index is 0.0210. The van der Waals surface area contributed by atoms with Crippen molar-refractivity contribution in [2.24, 2.45) is 0 Å². The van der Waals surface area contributed by atoms with Crippen molar-refractivity contribution in [1.29, 1.82) is 0 Å². The van der Waals surface area contributed by atoms with E-state index in [1.807, 2.05) is 28.5 Å². The van der Waals surface area contributed by atoms with Gasteiger partial charge in [0.2, 0.25) is 11.7 Å². The monoisotopic (exact) mass is 413 g/mol. The lowest BCUT2D eigenvalue weighted by Crippen LogP contribution is -2.49. The minimum Gasteiger partial charge on any atom is -0.360 e. The lowest BCUT2D eigenvalue weighted by atomic mass is 10.2. The van der Waals surface area contributed by atoms with Crippen LogP contribution in [0.25, 0.3) is 10.7 Å². The fourth-order valence-corrected chi connectivity index (χ4v) is 4.25. The predicted octanol–water partition coefficient (Wildman–Crippen LogP) is 3.05. The summed E-state index contributed by atoms with van der Waals surface area (Å²) in [5.41, 5.74) is 0.443. The maximum absolute atomic E-state index is 12.6. The second kappa shape index (κ2) is 8.08. The van der Waals surface area contributed by atoms with Gasteiger partial charge in [-0.1, -0.05) is 16.4 Å². The zero-order chi connectivity index (χ0) is 19.6. The van der Waals surface area contributed by atoms with E-state index in [1.54, 1.807) is 11.3 Å². The van der Waals surface area contributed by atoms with Crippen LogP contribution in [0, 0.1) is 0 Å². The van der Waals surface area contributed by atoms with E-state index in [1.165, 1.54) is 0 Å². The molecule has 3 aromatic heterocycles. The molecule has 3 aromatic rings. The van der Waals surface area contributed by atoms with Crippen LogP contribution in [0.5, 0.6) is 0 Å². The molecule has 152 valence electrons. The van der Waals surface area contributed by atoms with Crippen LogP contribution in [0.3, 0.4) is 0 Å². The average Bonchev–Trinajstić information content (AvgIpc) is 3.18. The maximum Gasteiger partial charge on any atom is 0.276 e. The summed E-state index contributed by atoms with van der Waals surface area (Å²) in [4.78, 5) is 22.4. The van der Waals surface area contributed by atoms with Crippen molar-refractivity contribution >= 4 is 17.2 Å². The molecule has 8 nitrogen and oxygen atoms in total. The Kier molecular flexibility index (Phi) is 5.15. The number of piperazine rings is 1.